The van der Waals surface area contributed by atoms with Crippen molar-refractivity contribution in [3.8, 4) is 11.5 Å². The van der Waals surface area contributed by atoms with Crippen LogP contribution in [0.4, 0.5) is 0 Å². The van der Waals surface area contributed by atoms with E-state index in [9.17, 15) is 9.59 Å². The van der Waals surface area contributed by atoms with E-state index in [-0.39, 0.29) is 12.4 Å². The largest absolute Gasteiger partial charge is 0.497 e. The highest BCUT2D eigenvalue weighted by molar-refractivity contribution is 5.83. The Labute approximate surface area is 162 Å². The van der Waals surface area contributed by atoms with Crippen LogP contribution in [0.5, 0.6) is 11.5 Å². The van der Waals surface area contributed by atoms with Gasteiger partial charge in [-0.15, -0.1) is 0 Å². The van der Waals surface area contributed by atoms with Crippen LogP contribution in [0.25, 0.3) is 11.0 Å². The highest BCUT2D eigenvalue weighted by Gasteiger charge is 2.13. The molecule has 6 heteroatoms. The average molecular weight is 382 g/mol. The molecule has 0 aliphatic heterocycles. The van der Waals surface area contributed by atoms with E-state index in [0.717, 1.165) is 27.8 Å². The van der Waals surface area contributed by atoms with Gasteiger partial charge >= 0.3 is 11.6 Å². The summed E-state index contributed by atoms with van der Waals surface area (Å²) in [5.41, 5.74) is 2.63. The quantitative estimate of drug-likeness (QED) is 0.457. The smallest absolute Gasteiger partial charge is 0.336 e. The summed E-state index contributed by atoms with van der Waals surface area (Å²) in [4.78, 5) is 23.3. The van der Waals surface area contributed by atoms with Crippen LogP contribution in [0, 0.1) is 6.92 Å². The minimum atomic E-state index is -0.411. The SMILES string of the molecule is COC(=O)CCc1cc2c(C)cc(=O)oc2cc1OCc1cccc(OC)c1. The van der Waals surface area contributed by atoms with Gasteiger partial charge in [0.2, 0.25) is 0 Å². The zero-order valence-corrected chi connectivity index (χ0v) is 16.1. The third-order valence-corrected chi connectivity index (χ3v) is 4.49. The van der Waals surface area contributed by atoms with E-state index in [1.165, 1.54) is 13.2 Å². The van der Waals surface area contributed by atoms with E-state index >= 15 is 0 Å². The van der Waals surface area contributed by atoms with Gasteiger partial charge in [-0.1, -0.05) is 12.1 Å². The molecule has 0 fully saturated rings. The number of carbonyl (C=O) groups is 1. The monoisotopic (exact) mass is 382 g/mol. The topological polar surface area (TPSA) is 75.0 Å². The second kappa shape index (κ2) is 8.61. The highest BCUT2D eigenvalue weighted by atomic mass is 16.5. The Bertz CT molecular complexity index is 1050. The molecule has 0 spiro atoms. The standard InChI is InChI=1S/C22H22O6/c1-14-9-22(24)28-20-12-19(16(11-18(14)20)7-8-21(23)26-3)27-13-15-5-4-6-17(10-15)25-2/h4-6,9-12H,7-8,13H2,1-3H3. The van der Waals surface area contributed by atoms with Crippen molar-refractivity contribution in [3.05, 3.63) is 69.6 Å². The maximum atomic E-state index is 11.7. The summed E-state index contributed by atoms with van der Waals surface area (Å²) < 4.78 is 21.3. The number of ether oxygens (including phenoxy) is 3. The van der Waals surface area contributed by atoms with Crippen LogP contribution in [0.2, 0.25) is 0 Å². The summed E-state index contributed by atoms with van der Waals surface area (Å²) in [7, 11) is 2.97. The molecule has 1 aromatic heterocycles. The molecule has 0 amide bonds. The van der Waals surface area contributed by atoms with Crippen molar-refractivity contribution in [2.24, 2.45) is 0 Å². The van der Waals surface area contributed by atoms with Crippen molar-refractivity contribution < 1.29 is 23.4 Å². The van der Waals surface area contributed by atoms with Gasteiger partial charge in [0.1, 0.15) is 23.7 Å². The second-order valence-corrected chi connectivity index (χ2v) is 6.42. The van der Waals surface area contributed by atoms with Crippen molar-refractivity contribution in [3.63, 3.8) is 0 Å². The molecule has 0 unspecified atom stereocenters. The van der Waals surface area contributed by atoms with Crippen LogP contribution < -0.4 is 15.1 Å². The predicted octanol–water partition coefficient (Wildman–Crippen LogP) is 3.79. The summed E-state index contributed by atoms with van der Waals surface area (Å²) in [6.07, 6.45) is 0.683. The van der Waals surface area contributed by atoms with E-state index in [1.807, 2.05) is 37.3 Å². The van der Waals surface area contributed by atoms with Crippen LogP contribution in [0.1, 0.15) is 23.1 Å². The van der Waals surface area contributed by atoms with Gasteiger partial charge in [0, 0.05) is 23.9 Å². The van der Waals surface area contributed by atoms with Crippen LogP contribution in [-0.4, -0.2) is 20.2 Å². The molecule has 0 aliphatic carbocycles. The zero-order valence-electron chi connectivity index (χ0n) is 16.1. The second-order valence-electron chi connectivity index (χ2n) is 6.42. The molecule has 28 heavy (non-hydrogen) atoms. The predicted molar refractivity (Wildman–Crippen MR) is 105 cm³/mol. The Morgan fingerprint density at radius 3 is 2.68 bits per heavy atom. The first-order chi connectivity index (χ1) is 13.5. The van der Waals surface area contributed by atoms with E-state index in [2.05, 4.69) is 0 Å². The van der Waals surface area contributed by atoms with Gasteiger partial charge < -0.3 is 18.6 Å². The lowest BCUT2D eigenvalue weighted by Crippen LogP contribution is -2.05. The Morgan fingerprint density at radius 1 is 1.11 bits per heavy atom. The van der Waals surface area contributed by atoms with Gasteiger partial charge in [0.15, 0.2) is 0 Å². The number of esters is 1. The lowest BCUT2D eigenvalue weighted by molar-refractivity contribution is -0.140. The van der Waals surface area contributed by atoms with Gasteiger partial charge in [-0.3, -0.25) is 4.79 Å². The third-order valence-electron chi connectivity index (χ3n) is 4.49. The maximum absolute atomic E-state index is 11.7. The Balaban J connectivity index is 1.94. The minimum Gasteiger partial charge on any atom is -0.497 e. The number of methoxy groups -OCH3 is 2. The van der Waals surface area contributed by atoms with Gasteiger partial charge in [0.05, 0.1) is 14.2 Å². The summed E-state index contributed by atoms with van der Waals surface area (Å²) in [5.74, 6) is 1.01. The van der Waals surface area contributed by atoms with Gasteiger partial charge in [-0.05, 0) is 48.2 Å². The summed E-state index contributed by atoms with van der Waals surface area (Å²) in [6, 6.07) is 12.6. The highest BCUT2D eigenvalue weighted by Crippen LogP contribution is 2.29. The molecule has 0 N–H and O–H groups in total. The van der Waals surface area contributed by atoms with Crippen LogP contribution in [0.3, 0.4) is 0 Å². The number of aryl methyl sites for hydroxylation is 2. The fourth-order valence-corrected chi connectivity index (χ4v) is 2.98. The number of rotatable bonds is 7. The number of carbonyl (C=O) groups excluding carboxylic acids is 1. The van der Waals surface area contributed by atoms with Gasteiger partial charge in [0.25, 0.3) is 0 Å². The lowest BCUT2D eigenvalue weighted by Gasteiger charge is -2.14. The van der Waals surface area contributed by atoms with Gasteiger partial charge in [-0.2, -0.15) is 0 Å². The first kappa shape index (κ1) is 19.5. The van der Waals surface area contributed by atoms with E-state index in [1.54, 1.807) is 13.2 Å². The van der Waals surface area contributed by atoms with E-state index in [4.69, 9.17) is 18.6 Å². The molecule has 3 aromatic rings. The van der Waals surface area contributed by atoms with Gasteiger partial charge in [-0.25, -0.2) is 4.79 Å². The average Bonchev–Trinajstić information content (AvgIpc) is 2.70. The minimum absolute atomic E-state index is 0.230. The first-order valence-electron chi connectivity index (χ1n) is 8.90. The van der Waals surface area contributed by atoms with Crippen molar-refractivity contribution >= 4 is 16.9 Å². The zero-order chi connectivity index (χ0) is 20.1. The van der Waals surface area contributed by atoms with Crippen LogP contribution >= 0.6 is 0 Å². The summed E-state index contributed by atoms with van der Waals surface area (Å²) in [5, 5.41) is 0.813. The summed E-state index contributed by atoms with van der Waals surface area (Å²) >= 11 is 0. The molecule has 0 radical (unpaired) electrons. The molecular formula is C22H22O6. The Morgan fingerprint density at radius 2 is 1.93 bits per heavy atom. The molecule has 146 valence electrons. The number of hydrogen-bond donors (Lipinski definition) is 0. The molecule has 2 aromatic carbocycles. The van der Waals surface area contributed by atoms with Crippen molar-refractivity contribution in [1.29, 1.82) is 0 Å². The fourth-order valence-electron chi connectivity index (χ4n) is 2.98. The first-order valence-corrected chi connectivity index (χ1v) is 8.90. The number of benzene rings is 2. The Kier molecular flexibility index (Phi) is 5.99. The van der Waals surface area contributed by atoms with E-state index in [0.29, 0.717) is 24.4 Å². The number of hydrogen-bond acceptors (Lipinski definition) is 6. The Hall–Kier alpha value is -3.28. The molecule has 0 aliphatic rings. The molecule has 3 rings (SSSR count). The molecule has 6 nitrogen and oxygen atoms in total. The molecule has 0 atom stereocenters. The van der Waals surface area contributed by atoms with Crippen LogP contribution in [-0.2, 0) is 22.6 Å². The molecule has 0 saturated carbocycles. The van der Waals surface area contributed by atoms with Crippen LogP contribution in [0.15, 0.2) is 51.7 Å². The summed E-state index contributed by atoms with van der Waals surface area (Å²) in [6.45, 7) is 2.16. The number of fused-ring (bicyclic) bond motifs is 1. The van der Waals surface area contributed by atoms with E-state index < -0.39 is 5.63 Å². The normalized spacial score (nSPS) is 10.7. The maximum Gasteiger partial charge on any atom is 0.336 e. The molecule has 1 heterocycles. The lowest BCUT2D eigenvalue weighted by atomic mass is 10.0. The fraction of sp³-hybridized carbons (Fsp3) is 0.273. The van der Waals surface area contributed by atoms with Crippen molar-refractivity contribution in [1.82, 2.24) is 0 Å². The molecule has 0 bridgehead atoms. The third kappa shape index (κ3) is 4.52. The molecular weight excluding hydrogens is 360 g/mol. The molecule has 0 saturated heterocycles. The van der Waals surface area contributed by atoms with Crippen molar-refractivity contribution in [2.45, 2.75) is 26.4 Å². The van der Waals surface area contributed by atoms with Crippen molar-refractivity contribution in [2.75, 3.05) is 14.2 Å².